The van der Waals surface area contributed by atoms with Crippen molar-refractivity contribution in [2.24, 2.45) is 0 Å². The summed E-state index contributed by atoms with van der Waals surface area (Å²) in [6.07, 6.45) is 2.05. The minimum atomic E-state index is -1.09. The summed E-state index contributed by atoms with van der Waals surface area (Å²) in [6, 6.07) is 1.21. The maximum Gasteiger partial charge on any atom is 0.329 e. The zero-order valence-corrected chi connectivity index (χ0v) is 11.6. The van der Waals surface area contributed by atoms with Gasteiger partial charge in [0.15, 0.2) is 0 Å². The third-order valence-corrected chi connectivity index (χ3v) is 2.55. The lowest BCUT2D eigenvalue weighted by Crippen LogP contribution is -2.29. The quantitative estimate of drug-likeness (QED) is 0.391. The number of rotatable bonds is 9. The molecule has 0 aromatic carbocycles. The molecule has 0 saturated heterocycles. The molecule has 0 aliphatic carbocycles. The Morgan fingerprint density at radius 2 is 2.24 bits per heavy atom. The van der Waals surface area contributed by atoms with Gasteiger partial charge < -0.3 is 19.7 Å². The average molecular weight is 299 g/mol. The van der Waals surface area contributed by atoms with Crippen molar-refractivity contribution in [1.29, 1.82) is 0 Å². The normalized spacial score (nSPS) is 10.3. The van der Waals surface area contributed by atoms with Crippen molar-refractivity contribution >= 4 is 17.6 Å². The van der Waals surface area contributed by atoms with E-state index in [1.165, 1.54) is 16.8 Å². The molecule has 9 nitrogen and oxygen atoms in total. The molecule has 1 heterocycles. The van der Waals surface area contributed by atoms with Crippen molar-refractivity contribution in [2.45, 2.75) is 19.9 Å². The summed E-state index contributed by atoms with van der Waals surface area (Å²) in [4.78, 5) is 32.4. The second kappa shape index (κ2) is 8.00. The largest absolute Gasteiger partial charge is 0.480 e. The minimum Gasteiger partial charge on any atom is -0.480 e. The molecule has 1 aromatic heterocycles. The summed E-state index contributed by atoms with van der Waals surface area (Å²) in [5.74, 6) is -1.55. The van der Waals surface area contributed by atoms with Crippen LogP contribution < -0.4 is 5.32 Å². The highest BCUT2D eigenvalue weighted by Crippen LogP contribution is 2.16. The van der Waals surface area contributed by atoms with Crippen molar-refractivity contribution in [2.75, 3.05) is 19.8 Å². The summed E-state index contributed by atoms with van der Waals surface area (Å²) in [5.41, 5.74) is 0.0533. The fraction of sp³-hybridized carbons (Fsp3) is 0.500. The molecule has 0 aliphatic rings. The Hall–Kier alpha value is -2.42. The van der Waals surface area contributed by atoms with E-state index in [1.54, 1.807) is 0 Å². The van der Waals surface area contributed by atoms with Crippen molar-refractivity contribution in [1.82, 2.24) is 9.88 Å². The standard InChI is InChI=1S/C12H17N3O6/c1-2-4-14-7-9(15(19)20)6-10(14)12(18)13-3-5-21-8-11(16)17/h6-7H,2-5,8H2,1H3,(H,13,18)(H,16,17). The molecule has 2 N–H and O–H groups in total. The molecule has 0 spiro atoms. The molecule has 1 rings (SSSR count). The fourth-order valence-corrected chi connectivity index (χ4v) is 1.70. The first-order chi connectivity index (χ1) is 9.95. The van der Waals surface area contributed by atoms with Gasteiger partial charge >= 0.3 is 5.97 Å². The van der Waals surface area contributed by atoms with Gasteiger partial charge in [0, 0.05) is 19.2 Å². The predicted molar refractivity (Wildman–Crippen MR) is 72.2 cm³/mol. The van der Waals surface area contributed by atoms with Gasteiger partial charge in [-0.2, -0.15) is 0 Å². The molecule has 0 atom stereocenters. The van der Waals surface area contributed by atoms with Gasteiger partial charge in [0.25, 0.3) is 11.6 Å². The number of aryl methyl sites for hydroxylation is 1. The number of carbonyl (C=O) groups is 2. The molecule has 0 bridgehead atoms. The number of nitrogens with one attached hydrogen (secondary N) is 1. The van der Waals surface area contributed by atoms with Gasteiger partial charge in [0.05, 0.1) is 17.7 Å². The number of nitrogens with zero attached hydrogens (tertiary/aromatic N) is 2. The molecule has 0 saturated carbocycles. The van der Waals surface area contributed by atoms with Crippen LogP contribution in [0.25, 0.3) is 0 Å². The first kappa shape index (κ1) is 16.6. The van der Waals surface area contributed by atoms with Crippen LogP contribution in [0, 0.1) is 10.1 Å². The number of nitro groups is 1. The Kier molecular flexibility index (Phi) is 6.34. The first-order valence-corrected chi connectivity index (χ1v) is 6.38. The van der Waals surface area contributed by atoms with Crippen LogP contribution in [0.15, 0.2) is 12.3 Å². The molecule has 1 aromatic rings. The first-order valence-electron chi connectivity index (χ1n) is 6.38. The van der Waals surface area contributed by atoms with Gasteiger partial charge in [-0.1, -0.05) is 6.92 Å². The van der Waals surface area contributed by atoms with Crippen LogP contribution in [0.5, 0.6) is 0 Å². The average Bonchev–Trinajstić information content (AvgIpc) is 2.82. The number of carboxylic acids is 1. The van der Waals surface area contributed by atoms with E-state index in [0.29, 0.717) is 6.54 Å². The van der Waals surface area contributed by atoms with Gasteiger partial charge in [-0.3, -0.25) is 14.9 Å². The van der Waals surface area contributed by atoms with Gasteiger partial charge in [0.1, 0.15) is 12.3 Å². The molecule has 0 aliphatic heterocycles. The van der Waals surface area contributed by atoms with Crippen LogP contribution in [0.2, 0.25) is 0 Å². The highest BCUT2D eigenvalue weighted by Gasteiger charge is 2.18. The lowest BCUT2D eigenvalue weighted by Gasteiger charge is -2.08. The fourth-order valence-electron chi connectivity index (χ4n) is 1.70. The molecular weight excluding hydrogens is 282 g/mol. The number of aliphatic carboxylic acids is 1. The van der Waals surface area contributed by atoms with Crippen molar-refractivity contribution in [3.63, 3.8) is 0 Å². The van der Waals surface area contributed by atoms with Gasteiger partial charge in [-0.15, -0.1) is 0 Å². The topological polar surface area (TPSA) is 124 Å². The summed E-state index contributed by atoms with van der Waals surface area (Å²) in [7, 11) is 0. The van der Waals surface area contributed by atoms with E-state index in [0.717, 1.165) is 6.42 Å². The van der Waals surface area contributed by atoms with Crippen LogP contribution in [0.3, 0.4) is 0 Å². The van der Waals surface area contributed by atoms with E-state index >= 15 is 0 Å². The molecule has 1 amide bonds. The van der Waals surface area contributed by atoms with Crippen molar-refractivity contribution in [3.05, 3.63) is 28.1 Å². The maximum atomic E-state index is 11.9. The third kappa shape index (κ3) is 5.22. The van der Waals surface area contributed by atoms with E-state index in [1.807, 2.05) is 6.92 Å². The molecule has 0 fully saturated rings. The molecule has 0 unspecified atom stereocenters. The highest BCUT2D eigenvalue weighted by molar-refractivity contribution is 5.93. The van der Waals surface area contributed by atoms with Crippen molar-refractivity contribution in [3.8, 4) is 0 Å². The zero-order valence-electron chi connectivity index (χ0n) is 11.6. The van der Waals surface area contributed by atoms with Gasteiger partial charge in [-0.25, -0.2) is 4.79 Å². The summed E-state index contributed by atoms with van der Waals surface area (Å²) >= 11 is 0. The maximum absolute atomic E-state index is 11.9. The molecular formula is C12H17N3O6. The predicted octanol–water partition coefficient (Wildman–Crippen LogP) is 0.637. The van der Waals surface area contributed by atoms with Crippen LogP contribution >= 0.6 is 0 Å². The van der Waals surface area contributed by atoms with E-state index < -0.39 is 23.4 Å². The number of amides is 1. The smallest absolute Gasteiger partial charge is 0.329 e. The second-order valence-electron chi connectivity index (χ2n) is 4.24. The Morgan fingerprint density at radius 3 is 2.81 bits per heavy atom. The second-order valence-corrected chi connectivity index (χ2v) is 4.24. The van der Waals surface area contributed by atoms with Crippen LogP contribution in [0.4, 0.5) is 5.69 Å². The SMILES string of the molecule is CCCn1cc([N+](=O)[O-])cc1C(=O)NCCOCC(=O)O. The third-order valence-electron chi connectivity index (χ3n) is 2.55. The molecule has 116 valence electrons. The molecule has 21 heavy (non-hydrogen) atoms. The Balaban J connectivity index is 2.59. The van der Waals surface area contributed by atoms with E-state index in [9.17, 15) is 19.7 Å². The Morgan fingerprint density at radius 1 is 1.52 bits per heavy atom. The zero-order chi connectivity index (χ0) is 15.8. The lowest BCUT2D eigenvalue weighted by molar-refractivity contribution is -0.384. The number of aromatic nitrogens is 1. The van der Waals surface area contributed by atoms with Crippen LogP contribution in [-0.2, 0) is 16.1 Å². The Bertz CT molecular complexity index is 525. The number of hydrogen-bond acceptors (Lipinski definition) is 5. The summed E-state index contributed by atoms with van der Waals surface area (Å²) < 4.78 is 6.29. The van der Waals surface area contributed by atoms with Crippen LogP contribution in [0.1, 0.15) is 23.8 Å². The Labute approximate surface area is 120 Å². The van der Waals surface area contributed by atoms with E-state index in [-0.39, 0.29) is 24.5 Å². The van der Waals surface area contributed by atoms with E-state index in [2.05, 4.69) is 5.32 Å². The monoisotopic (exact) mass is 299 g/mol. The van der Waals surface area contributed by atoms with E-state index in [4.69, 9.17) is 9.84 Å². The van der Waals surface area contributed by atoms with Gasteiger partial charge in [0.2, 0.25) is 0 Å². The lowest BCUT2D eigenvalue weighted by atomic mass is 10.3. The molecule has 0 radical (unpaired) electrons. The summed E-state index contributed by atoms with van der Waals surface area (Å²) in [5, 5.41) is 21.6. The number of hydrogen-bond donors (Lipinski definition) is 2. The number of carbonyl (C=O) groups excluding carboxylic acids is 1. The number of ether oxygens (including phenoxy) is 1. The van der Waals surface area contributed by atoms with Crippen molar-refractivity contribution < 1.29 is 24.4 Å². The van der Waals surface area contributed by atoms with Gasteiger partial charge in [-0.05, 0) is 6.42 Å². The minimum absolute atomic E-state index is 0.0502. The molecule has 9 heteroatoms. The number of carboxylic acid groups (broad SMARTS) is 1. The highest BCUT2D eigenvalue weighted by atomic mass is 16.6. The van der Waals surface area contributed by atoms with Crippen LogP contribution in [-0.4, -0.2) is 46.2 Å². The summed E-state index contributed by atoms with van der Waals surface area (Å²) in [6.45, 7) is 2.12.